The number of hydrogen-bond donors (Lipinski definition) is 3. The summed E-state index contributed by atoms with van der Waals surface area (Å²) in [5, 5.41) is 14.5. The maximum Gasteiger partial charge on any atom is 0.404 e. The van der Waals surface area contributed by atoms with Crippen LogP contribution in [0.5, 0.6) is 0 Å². The molecule has 4 nitrogen and oxygen atoms in total. The van der Waals surface area contributed by atoms with Gasteiger partial charge in [0.15, 0.2) is 0 Å². The fourth-order valence-corrected chi connectivity index (χ4v) is 2.46. The molecule has 0 aromatic heterocycles. The zero-order valence-electron chi connectivity index (χ0n) is 6.92. The van der Waals surface area contributed by atoms with Crippen LogP contribution >= 0.6 is 0 Å². The number of hydrogen-bond acceptors (Lipinski definition) is 2. The molecule has 0 aromatic rings. The topological polar surface area (TPSA) is 61.4 Å². The van der Waals surface area contributed by atoms with Crippen molar-refractivity contribution in [1.82, 2.24) is 10.6 Å². The number of nitrogens with one attached hydrogen (secondary N) is 2. The van der Waals surface area contributed by atoms with Crippen LogP contribution in [0.25, 0.3) is 0 Å². The van der Waals surface area contributed by atoms with Crippen molar-refractivity contribution in [1.29, 1.82) is 0 Å². The van der Waals surface area contributed by atoms with E-state index in [0.717, 1.165) is 13.1 Å². The molecule has 12 heavy (non-hydrogen) atoms. The van der Waals surface area contributed by atoms with Gasteiger partial charge in [0, 0.05) is 6.04 Å². The average molecular weight is 170 g/mol. The van der Waals surface area contributed by atoms with E-state index in [1.165, 1.54) is 12.8 Å². The SMILES string of the molecule is O=C(O)NC1C2CCC1CNC2. The molecule has 3 N–H and O–H groups in total. The van der Waals surface area contributed by atoms with Crippen LogP contribution < -0.4 is 10.6 Å². The van der Waals surface area contributed by atoms with E-state index in [4.69, 9.17) is 5.11 Å². The molecule has 2 rings (SSSR count). The van der Waals surface area contributed by atoms with Crippen molar-refractivity contribution in [3.05, 3.63) is 0 Å². The van der Waals surface area contributed by atoms with Crippen LogP contribution in [-0.2, 0) is 0 Å². The Morgan fingerprint density at radius 3 is 2.42 bits per heavy atom. The fraction of sp³-hybridized carbons (Fsp3) is 0.875. The molecule has 4 heteroatoms. The van der Waals surface area contributed by atoms with Gasteiger partial charge in [-0.2, -0.15) is 0 Å². The number of rotatable bonds is 1. The fourth-order valence-electron chi connectivity index (χ4n) is 2.46. The summed E-state index contributed by atoms with van der Waals surface area (Å²) < 4.78 is 0. The van der Waals surface area contributed by atoms with Gasteiger partial charge < -0.3 is 15.7 Å². The van der Waals surface area contributed by atoms with Crippen LogP contribution in [0.3, 0.4) is 0 Å². The maximum atomic E-state index is 10.5. The molecular formula is C8H14N2O2. The summed E-state index contributed by atoms with van der Waals surface area (Å²) in [5.41, 5.74) is 0. The van der Waals surface area contributed by atoms with Gasteiger partial charge in [-0.05, 0) is 37.8 Å². The van der Waals surface area contributed by atoms with Gasteiger partial charge in [0.25, 0.3) is 0 Å². The minimum absolute atomic E-state index is 0.212. The van der Waals surface area contributed by atoms with Crippen molar-refractivity contribution in [3.8, 4) is 0 Å². The first-order chi connectivity index (χ1) is 5.77. The molecule has 2 fully saturated rings. The minimum atomic E-state index is -0.876. The molecule has 2 bridgehead atoms. The van der Waals surface area contributed by atoms with E-state index in [-0.39, 0.29) is 6.04 Å². The monoisotopic (exact) mass is 170 g/mol. The first kappa shape index (κ1) is 7.86. The molecule has 1 saturated carbocycles. The lowest BCUT2D eigenvalue weighted by Crippen LogP contribution is -2.50. The highest BCUT2D eigenvalue weighted by Crippen LogP contribution is 2.33. The van der Waals surface area contributed by atoms with Gasteiger partial charge >= 0.3 is 6.09 Å². The van der Waals surface area contributed by atoms with Crippen LogP contribution in [0.2, 0.25) is 0 Å². The third-order valence-electron chi connectivity index (χ3n) is 3.03. The Morgan fingerprint density at radius 1 is 1.33 bits per heavy atom. The summed E-state index contributed by atoms with van der Waals surface area (Å²) in [5.74, 6) is 1.06. The normalized spacial score (nSPS) is 39.5. The Morgan fingerprint density at radius 2 is 1.92 bits per heavy atom. The number of piperidine rings is 1. The summed E-state index contributed by atoms with van der Waals surface area (Å²) in [6, 6.07) is 0.212. The zero-order valence-corrected chi connectivity index (χ0v) is 6.92. The average Bonchev–Trinajstić information content (AvgIpc) is 2.30. The summed E-state index contributed by atoms with van der Waals surface area (Å²) in [4.78, 5) is 10.5. The van der Waals surface area contributed by atoms with Crippen molar-refractivity contribution in [2.24, 2.45) is 11.8 Å². The van der Waals surface area contributed by atoms with E-state index in [9.17, 15) is 4.79 Å². The Labute approximate surface area is 71.3 Å². The third-order valence-corrected chi connectivity index (χ3v) is 3.03. The molecule has 1 saturated heterocycles. The lowest BCUT2D eigenvalue weighted by Gasteiger charge is -2.30. The molecule has 1 amide bonds. The maximum absolute atomic E-state index is 10.5. The van der Waals surface area contributed by atoms with Crippen molar-refractivity contribution < 1.29 is 9.90 Å². The Bertz CT molecular complexity index is 179. The number of carbonyl (C=O) groups is 1. The lowest BCUT2D eigenvalue weighted by molar-refractivity contribution is 0.176. The van der Waals surface area contributed by atoms with Crippen molar-refractivity contribution in [3.63, 3.8) is 0 Å². The summed E-state index contributed by atoms with van der Waals surface area (Å²) >= 11 is 0. The van der Waals surface area contributed by atoms with Gasteiger partial charge in [-0.1, -0.05) is 0 Å². The smallest absolute Gasteiger partial charge is 0.404 e. The third kappa shape index (κ3) is 1.27. The van der Waals surface area contributed by atoms with Crippen LogP contribution in [0.15, 0.2) is 0 Å². The molecule has 2 aliphatic rings. The number of carboxylic acid groups (broad SMARTS) is 1. The van der Waals surface area contributed by atoms with Gasteiger partial charge in [0.05, 0.1) is 0 Å². The standard InChI is InChI=1S/C8H14N2O2/c11-8(12)10-7-5-1-2-6(7)4-9-3-5/h5-7,9-10H,1-4H2,(H,11,12). The Hall–Kier alpha value is -0.770. The molecule has 1 heterocycles. The molecular weight excluding hydrogens is 156 g/mol. The Balaban J connectivity index is 2.00. The van der Waals surface area contributed by atoms with Crippen LogP contribution in [0.4, 0.5) is 4.79 Å². The molecule has 2 unspecified atom stereocenters. The summed E-state index contributed by atoms with van der Waals surface area (Å²) in [7, 11) is 0. The van der Waals surface area contributed by atoms with E-state index >= 15 is 0 Å². The van der Waals surface area contributed by atoms with E-state index in [0.29, 0.717) is 11.8 Å². The number of fused-ring (bicyclic) bond motifs is 2. The van der Waals surface area contributed by atoms with Crippen LogP contribution in [0.1, 0.15) is 12.8 Å². The van der Waals surface area contributed by atoms with E-state index in [2.05, 4.69) is 10.6 Å². The molecule has 1 aliphatic heterocycles. The van der Waals surface area contributed by atoms with E-state index in [1.54, 1.807) is 0 Å². The van der Waals surface area contributed by atoms with Gasteiger partial charge in [0.2, 0.25) is 0 Å². The molecule has 1 aliphatic carbocycles. The van der Waals surface area contributed by atoms with Crippen LogP contribution in [-0.4, -0.2) is 30.3 Å². The molecule has 2 atom stereocenters. The van der Waals surface area contributed by atoms with E-state index < -0.39 is 6.09 Å². The first-order valence-corrected chi connectivity index (χ1v) is 4.47. The molecule has 0 radical (unpaired) electrons. The quantitative estimate of drug-likeness (QED) is 0.528. The highest BCUT2D eigenvalue weighted by atomic mass is 16.4. The Kier molecular flexibility index (Phi) is 1.92. The van der Waals surface area contributed by atoms with Crippen molar-refractivity contribution >= 4 is 6.09 Å². The highest BCUT2D eigenvalue weighted by Gasteiger charge is 2.39. The number of amides is 1. The van der Waals surface area contributed by atoms with Gasteiger partial charge in [-0.25, -0.2) is 4.79 Å². The summed E-state index contributed by atoms with van der Waals surface area (Å²) in [6.07, 6.45) is 1.46. The van der Waals surface area contributed by atoms with Gasteiger partial charge in [0.1, 0.15) is 0 Å². The van der Waals surface area contributed by atoms with Gasteiger partial charge in [-0.15, -0.1) is 0 Å². The largest absolute Gasteiger partial charge is 0.465 e. The predicted molar refractivity (Wildman–Crippen MR) is 44.0 cm³/mol. The zero-order chi connectivity index (χ0) is 8.55. The van der Waals surface area contributed by atoms with E-state index in [1.807, 2.05) is 0 Å². The predicted octanol–water partition coefficient (Wildman–Crippen LogP) is 0.252. The molecule has 0 spiro atoms. The lowest BCUT2D eigenvalue weighted by atomic mass is 9.94. The second kappa shape index (κ2) is 2.94. The van der Waals surface area contributed by atoms with Crippen molar-refractivity contribution in [2.75, 3.05) is 13.1 Å². The second-order valence-electron chi connectivity index (χ2n) is 3.73. The summed E-state index contributed by atoms with van der Waals surface area (Å²) in [6.45, 7) is 1.95. The molecule has 0 aromatic carbocycles. The van der Waals surface area contributed by atoms with Gasteiger partial charge in [-0.3, -0.25) is 0 Å². The second-order valence-corrected chi connectivity index (χ2v) is 3.73. The highest BCUT2D eigenvalue weighted by molar-refractivity contribution is 5.65. The molecule has 68 valence electrons. The first-order valence-electron chi connectivity index (χ1n) is 4.47. The van der Waals surface area contributed by atoms with Crippen molar-refractivity contribution in [2.45, 2.75) is 18.9 Å². The van der Waals surface area contributed by atoms with Crippen LogP contribution in [0, 0.1) is 11.8 Å². The minimum Gasteiger partial charge on any atom is -0.465 e.